The van der Waals surface area contributed by atoms with Crippen molar-refractivity contribution >= 4 is 51.6 Å². The summed E-state index contributed by atoms with van der Waals surface area (Å²) in [6, 6.07) is 6.08. The normalized spacial score (nSPS) is 10.7. The smallest absolute Gasteiger partial charge is 0.230 e. The molecular weight excluding hydrogens is 373 g/mol. The number of nitrogens with one attached hydrogen (secondary N) is 2. The van der Waals surface area contributed by atoms with Gasteiger partial charge in [-0.05, 0) is 30.8 Å². The Bertz CT molecular complexity index is 793. The van der Waals surface area contributed by atoms with Crippen molar-refractivity contribution in [3.05, 3.63) is 41.2 Å². The number of thiocarbonyl (C=S) groups is 1. The van der Waals surface area contributed by atoms with E-state index in [0.29, 0.717) is 15.9 Å². The Labute approximate surface area is 161 Å². The Hall–Kier alpha value is -2.39. The molecular formula is C17H20FN5OS2. The molecule has 0 atom stereocenters. The number of hydrazone groups is 1. The largest absolute Gasteiger partial charge is 0.361 e. The number of nitrogens with zero attached hydrogens (tertiary/aromatic N) is 3. The topological polar surface area (TPSA) is 69.6 Å². The first-order chi connectivity index (χ1) is 12.5. The van der Waals surface area contributed by atoms with Gasteiger partial charge < -0.3 is 5.32 Å². The Morgan fingerprint density at radius 3 is 2.92 bits per heavy atom. The Morgan fingerprint density at radius 2 is 2.23 bits per heavy atom. The minimum Gasteiger partial charge on any atom is -0.361 e. The third-order valence-corrected chi connectivity index (χ3v) is 4.37. The van der Waals surface area contributed by atoms with Gasteiger partial charge in [-0.2, -0.15) is 5.10 Å². The molecule has 0 aliphatic heterocycles. The third kappa shape index (κ3) is 5.57. The number of benzene rings is 1. The van der Waals surface area contributed by atoms with Crippen molar-refractivity contribution in [1.82, 2.24) is 15.7 Å². The van der Waals surface area contributed by atoms with Crippen LogP contribution in [0.15, 0.2) is 34.7 Å². The summed E-state index contributed by atoms with van der Waals surface area (Å²) in [6.45, 7) is 4.25. The van der Waals surface area contributed by atoms with Crippen LogP contribution in [-0.2, 0) is 4.79 Å². The number of hydrogen-bond acceptors (Lipinski definition) is 5. The fraction of sp³-hybridized carbons (Fsp3) is 0.294. The molecule has 0 aliphatic carbocycles. The van der Waals surface area contributed by atoms with E-state index < -0.39 is 5.82 Å². The van der Waals surface area contributed by atoms with Gasteiger partial charge in [-0.25, -0.2) is 9.37 Å². The summed E-state index contributed by atoms with van der Waals surface area (Å²) in [5, 5.41) is 9.57. The lowest BCUT2D eigenvalue weighted by Crippen LogP contribution is -2.32. The molecule has 1 amide bonds. The van der Waals surface area contributed by atoms with Crippen LogP contribution in [0.25, 0.3) is 0 Å². The van der Waals surface area contributed by atoms with Crippen LogP contribution in [0, 0.1) is 5.82 Å². The molecule has 9 heteroatoms. The fourth-order valence-corrected chi connectivity index (χ4v) is 3.04. The molecule has 0 saturated carbocycles. The number of hydrogen-bond donors (Lipinski definition) is 2. The number of carbonyl (C=O) groups is 1. The number of halogens is 1. The standard InChI is InChI=1S/C17H20FN5OS2/c1-3-4-9-19-16(25)22-20-10-13-11-26-17(21-13)23(12(2)24)15-8-6-5-7-14(15)18/h5-8,10-11H,3-4,9H2,1-2H3,(H2,19,22,25)/b20-10-. The number of para-hydroxylation sites is 1. The zero-order valence-electron chi connectivity index (χ0n) is 14.5. The van der Waals surface area contributed by atoms with Crippen LogP contribution in [0.5, 0.6) is 0 Å². The maximum atomic E-state index is 14.0. The zero-order valence-corrected chi connectivity index (χ0v) is 16.2. The first kappa shape index (κ1) is 19.9. The van der Waals surface area contributed by atoms with Crippen molar-refractivity contribution in [2.24, 2.45) is 5.10 Å². The molecule has 0 aliphatic rings. The molecule has 0 radical (unpaired) electrons. The van der Waals surface area contributed by atoms with Crippen molar-refractivity contribution in [2.45, 2.75) is 26.7 Å². The van der Waals surface area contributed by atoms with E-state index in [9.17, 15) is 9.18 Å². The summed E-state index contributed by atoms with van der Waals surface area (Å²) in [4.78, 5) is 17.6. The number of aromatic nitrogens is 1. The maximum absolute atomic E-state index is 14.0. The highest BCUT2D eigenvalue weighted by Gasteiger charge is 2.20. The molecule has 0 spiro atoms. The second-order valence-corrected chi connectivity index (χ2v) is 6.59. The summed E-state index contributed by atoms with van der Waals surface area (Å²) in [7, 11) is 0. The summed E-state index contributed by atoms with van der Waals surface area (Å²) < 4.78 is 14.0. The number of thiazole rings is 1. The van der Waals surface area contributed by atoms with E-state index in [1.807, 2.05) is 0 Å². The van der Waals surface area contributed by atoms with Gasteiger partial charge in [0, 0.05) is 18.8 Å². The van der Waals surface area contributed by atoms with E-state index in [2.05, 4.69) is 27.8 Å². The van der Waals surface area contributed by atoms with Crippen molar-refractivity contribution in [3.8, 4) is 0 Å². The van der Waals surface area contributed by atoms with Crippen LogP contribution < -0.4 is 15.6 Å². The first-order valence-electron chi connectivity index (χ1n) is 8.10. The molecule has 0 unspecified atom stereocenters. The average molecular weight is 394 g/mol. The summed E-state index contributed by atoms with van der Waals surface area (Å²) in [6.07, 6.45) is 3.60. The number of anilines is 2. The van der Waals surface area contributed by atoms with Crippen LogP contribution in [0.3, 0.4) is 0 Å². The fourth-order valence-electron chi connectivity index (χ4n) is 2.05. The number of rotatable bonds is 7. The molecule has 2 rings (SSSR count). The van der Waals surface area contributed by atoms with E-state index in [1.54, 1.807) is 17.5 Å². The maximum Gasteiger partial charge on any atom is 0.230 e. The van der Waals surface area contributed by atoms with Gasteiger partial charge in [0.1, 0.15) is 5.82 Å². The molecule has 1 heterocycles. The van der Waals surface area contributed by atoms with E-state index in [-0.39, 0.29) is 11.6 Å². The number of unbranched alkanes of at least 4 members (excludes halogenated alkanes) is 1. The van der Waals surface area contributed by atoms with Gasteiger partial charge in [0.25, 0.3) is 0 Å². The highest BCUT2D eigenvalue weighted by atomic mass is 32.1. The van der Waals surface area contributed by atoms with E-state index in [1.165, 1.54) is 41.5 Å². The van der Waals surface area contributed by atoms with E-state index in [0.717, 1.165) is 19.4 Å². The summed E-state index contributed by atoms with van der Waals surface area (Å²) in [5.41, 5.74) is 3.41. The van der Waals surface area contributed by atoms with E-state index in [4.69, 9.17) is 12.2 Å². The molecule has 1 aromatic carbocycles. The van der Waals surface area contributed by atoms with Gasteiger partial charge in [0.15, 0.2) is 10.2 Å². The molecule has 0 bridgehead atoms. The zero-order chi connectivity index (χ0) is 18.9. The predicted molar refractivity (Wildman–Crippen MR) is 108 cm³/mol. The summed E-state index contributed by atoms with van der Waals surface area (Å²) in [5.74, 6) is -0.814. The summed E-state index contributed by atoms with van der Waals surface area (Å²) >= 11 is 6.32. The molecule has 26 heavy (non-hydrogen) atoms. The molecule has 2 aromatic rings. The number of amides is 1. The molecule has 138 valence electrons. The van der Waals surface area contributed by atoms with Crippen LogP contribution in [0.1, 0.15) is 32.4 Å². The lowest BCUT2D eigenvalue weighted by Gasteiger charge is -2.18. The minimum atomic E-state index is -0.488. The van der Waals surface area contributed by atoms with Crippen molar-refractivity contribution in [3.63, 3.8) is 0 Å². The van der Waals surface area contributed by atoms with Crippen molar-refractivity contribution < 1.29 is 9.18 Å². The molecule has 0 saturated heterocycles. The van der Waals surface area contributed by atoms with Crippen molar-refractivity contribution in [1.29, 1.82) is 0 Å². The van der Waals surface area contributed by atoms with Gasteiger partial charge in [-0.3, -0.25) is 15.1 Å². The Morgan fingerprint density at radius 1 is 1.46 bits per heavy atom. The Balaban J connectivity index is 2.05. The van der Waals surface area contributed by atoms with Crippen molar-refractivity contribution in [2.75, 3.05) is 11.4 Å². The number of carbonyl (C=O) groups excluding carboxylic acids is 1. The predicted octanol–water partition coefficient (Wildman–Crippen LogP) is 3.56. The van der Waals surface area contributed by atoms with Gasteiger partial charge in [0.2, 0.25) is 5.91 Å². The molecule has 1 aromatic heterocycles. The van der Waals surface area contributed by atoms with Crippen LogP contribution in [0.2, 0.25) is 0 Å². The quantitative estimate of drug-likeness (QED) is 0.326. The van der Waals surface area contributed by atoms with Crippen LogP contribution in [0.4, 0.5) is 15.2 Å². The first-order valence-corrected chi connectivity index (χ1v) is 9.39. The Kier molecular flexibility index (Phi) is 7.61. The lowest BCUT2D eigenvalue weighted by atomic mass is 10.3. The molecule has 6 nitrogen and oxygen atoms in total. The van der Waals surface area contributed by atoms with Gasteiger partial charge in [0.05, 0.1) is 17.6 Å². The SMILES string of the molecule is CCCCNC(=S)N/N=C\c1csc(N(C(C)=O)c2ccccc2F)n1. The monoisotopic (exact) mass is 393 g/mol. The van der Waals surface area contributed by atoms with Crippen LogP contribution >= 0.6 is 23.6 Å². The average Bonchev–Trinajstić information content (AvgIpc) is 3.05. The minimum absolute atomic E-state index is 0.164. The van der Waals surface area contributed by atoms with Gasteiger partial charge >= 0.3 is 0 Å². The second-order valence-electron chi connectivity index (χ2n) is 5.34. The van der Waals surface area contributed by atoms with Gasteiger partial charge in [-0.1, -0.05) is 25.5 Å². The molecule has 0 fully saturated rings. The second kappa shape index (κ2) is 9.93. The highest BCUT2D eigenvalue weighted by molar-refractivity contribution is 7.80. The third-order valence-electron chi connectivity index (χ3n) is 3.29. The van der Waals surface area contributed by atoms with Gasteiger partial charge in [-0.15, -0.1) is 11.3 Å². The van der Waals surface area contributed by atoms with E-state index >= 15 is 0 Å². The lowest BCUT2D eigenvalue weighted by molar-refractivity contribution is -0.115. The highest BCUT2D eigenvalue weighted by Crippen LogP contribution is 2.30. The molecule has 2 N–H and O–H groups in total. The van der Waals surface area contributed by atoms with Crippen LogP contribution in [-0.4, -0.2) is 28.8 Å².